The maximum atomic E-state index is 11.4. The van der Waals surface area contributed by atoms with Crippen molar-refractivity contribution < 1.29 is 9.90 Å². The van der Waals surface area contributed by atoms with Gasteiger partial charge in [0.2, 0.25) is 0 Å². The summed E-state index contributed by atoms with van der Waals surface area (Å²) in [4.78, 5) is 11.4. The number of allylic oxidation sites excluding steroid dienone is 2. The Bertz CT molecular complexity index is 306. The molecule has 2 aliphatic rings. The highest BCUT2D eigenvalue weighted by Crippen LogP contribution is 2.60. The van der Waals surface area contributed by atoms with Crippen LogP contribution in [0.3, 0.4) is 0 Å². The van der Waals surface area contributed by atoms with Crippen molar-refractivity contribution >= 4 is 5.97 Å². The molecule has 2 nitrogen and oxygen atoms in total. The van der Waals surface area contributed by atoms with E-state index in [1.54, 1.807) is 0 Å². The normalized spacial score (nSPS) is 42.8. The smallest absolute Gasteiger partial charge is 0.307 e. The average molecular weight is 208 g/mol. The monoisotopic (exact) mass is 208 g/mol. The molecule has 0 heterocycles. The standard InChI is InChI=1S/C13H20O2/c1-4-13-6-5-9(7-13)10(8(2)3)11(13)12(14)15/h5-6,8-11H,4,7H2,1-3H3,(H,14,15)/t9-,10+,11-,13-/m0/s1. The first-order chi connectivity index (χ1) is 7.02. The number of fused-ring (bicyclic) bond motifs is 2. The van der Waals surface area contributed by atoms with E-state index in [1.165, 1.54) is 0 Å². The lowest BCUT2D eigenvalue weighted by Gasteiger charge is -2.34. The highest BCUT2D eigenvalue weighted by atomic mass is 16.4. The Morgan fingerprint density at radius 2 is 2.27 bits per heavy atom. The summed E-state index contributed by atoms with van der Waals surface area (Å²) in [6, 6.07) is 0. The van der Waals surface area contributed by atoms with Gasteiger partial charge in [0.15, 0.2) is 0 Å². The van der Waals surface area contributed by atoms with Gasteiger partial charge in [-0.15, -0.1) is 0 Å². The number of carbonyl (C=O) groups is 1. The maximum Gasteiger partial charge on any atom is 0.307 e. The number of carboxylic acid groups (broad SMARTS) is 1. The van der Waals surface area contributed by atoms with Crippen molar-refractivity contribution in [2.75, 3.05) is 0 Å². The van der Waals surface area contributed by atoms with Crippen LogP contribution in [-0.2, 0) is 4.79 Å². The van der Waals surface area contributed by atoms with Gasteiger partial charge in [0.05, 0.1) is 5.92 Å². The van der Waals surface area contributed by atoms with E-state index in [1.807, 2.05) is 0 Å². The number of aliphatic carboxylic acids is 1. The summed E-state index contributed by atoms with van der Waals surface area (Å²) in [6.07, 6.45) is 6.45. The van der Waals surface area contributed by atoms with E-state index in [0.29, 0.717) is 17.8 Å². The Morgan fingerprint density at radius 3 is 2.73 bits per heavy atom. The molecule has 1 N–H and O–H groups in total. The molecule has 0 radical (unpaired) electrons. The quantitative estimate of drug-likeness (QED) is 0.724. The van der Waals surface area contributed by atoms with Crippen LogP contribution >= 0.6 is 0 Å². The minimum atomic E-state index is -0.595. The lowest BCUT2D eigenvalue weighted by molar-refractivity contribution is -0.147. The van der Waals surface area contributed by atoms with Gasteiger partial charge in [-0.1, -0.05) is 32.9 Å². The first-order valence-corrected chi connectivity index (χ1v) is 5.94. The molecule has 0 unspecified atom stereocenters. The molecule has 0 saturated heterocycles. The number of carboxylic acids is 1. The third kappa shape index (κ3) is 1.34. The fourth-order valence-corrected chi connectivity index (χ4v) is 3.79. The highest BCUT2D eigenvalue weighted by molar-refractivity contribution is 5.73. The van der Waals surface area contributed by atoms with Crippen molar-refractivity contribution in [3.05, 3.63) is 12.2 Å². The molecule has 15 heavy (non-hydrogen) atoms. The van der Waals surface area contributed by atoms with Crippen LogP contribution in [0.15, 0.2) is 12.2 Å². The molecule has 0 aliphatic heterocycles. The third-order valence-electron chi connectivity index (χ3n) is 4.48. The second-order valence-electron chi connectivity index (χ2n) is 5.45. The Balaban J connectivity index is 2.38. The molecule has 84 valence electrons. The van der Waals surface area contributed by atoms with Gasteiger partial charge in [-0.2, -0.15) is 0 Å². The van der Waals surface area contributed by atoms with Crippen molar-refractivity contribution in [2.45, 2.75) is 33.6 Å². The SMILES string of the molecule is CC[C@]12C=C[C@@H](C1)[C@@H](C(C)C)[C@H]2C(=O)O. The lowest BCUT2D eigenvalue weighted by Crippen LogP contribution is -2.36. The fraction of sp³-hybridized carbons (Fsp3) is 0.769. The van der Waals surface area contributed by atoms with E-state index in [2.05, 4.69) is 32.9 Å². The van der Waals surface area contributed by atoms with Crippen LogP contribution in [0.1, 0.15) is 33.6 Å². The summed E-state index contributed by atoms with van der Waals surface area (Å²) >= 11 is 0. The summed E-state index contributed by atoms with van der Waals surface area (Å²) in [5, 5.41) is 9.42. The molecular weight excluding hydrogens is 188 g/mol. The van der Waals surface area contributed by atoms with Gasteiger partial charge >= 0.3 is 5.97 Å². The van der Waals surface area contributed by atoms with Crippen LogP contribution in [0.2, 0.25) is 0 Å². The third-order valence-corrected chi connectivity index (χ3v) is 4.48. The zero-order valence-corrected chi connectivity index (χ0v) is 9.73. The molecule has 2 heteroatoms. The Hall–Kier alpha value is -0.790. The topological polar surface area (TPSA) is 37.3 Å². The van der Waals surface area contributed by atoms with E-state index >= 15 is 0 Å². The molecule has 1 saturated carbocycles. The number of rotatable bonds is 3. The summed E-state index contributed by atoms with van der Waals surface area (Å²) < 4.78 is 0. The van der Waals surface area contributed by atoms with Crippen molar-refractivity contribution in [1.29, 1.82) is 0 Å². The Kier molecular flexibility index (Phi) is 2.40. The molecular formula is C13H20O2. The molecule has 0 aromatic carbocycles. The van der Waals surface area contributed by atoms with E-state index < -0.39 is 5.97 Å². The van der Waals surface area contributed by atoms with Crippen molar-refractivity contribution in [3.8, 4) is 0 Å². The Labute approximate surface area is 91.4 Å². The fourth-order valence-electron chi connectivity index (χ4n) is 3.79. The summed E-state index contributed by atoms with van der Waals surface area (Å²) in [7, 11) is 0. The zero-order valence-electron chi connectivity index (χ0n) is 9.73. The van der Waals surface area contributed by atoms with Gasteiger partial charge in [0.1, 0.15) is 0 Å². The van der Waals surface area contributed by atoms with Gasteiger partial charge in [-0.25, -0.2) is 0 Å². The van der Waals surface area contributed by atoms with Crippen LogP contribution < -0.4 is 0 Å². The van der Waals surface area contributed by atoms with Crippen LogP contribution in [0, 0.1) is 29.1 Å². The highest BCUT2D eigenvalue weighted by Gasteiger charge is 2.57. The molecule has 0 amide bonds. The van der Waals surface area contributed by atoms with Gasteiger partial charge in [-0.05, 0) is 30.6 Å². The van der Waals surface area contributed by atoms with Crippen LogP contribution in [-0.4, -0.2) is 11.1 Å². The van der Waals surface area contributed by atoms with Gasteiger partial charge < -0.3 is 5.11 Å². The van der Waals surface area contributed by atoms with Crippen LogP contribution in [0.25, 0.3) is 0 Å². The largest absolute Gasteiger partial charge is 0.481 e. The van der Waals surface area contributed by atoms with Crippen molar-refractivity contribution in [3.63, 3.8) is 0 Å². The second kappa shape index (κ2) is 3.36. The molecule has 0 aromatic rings. The minimum Gasteiger partial charge on any atom is -0.481 e. The zero-order chi connectivity index (χ0) is 11.2. The summed E-state index contributed by atoms with van der Waals surface area (Å²) in [5.41, 5.74) is -0.0363. The average Bonchev–Trinajstić information content (AvgIpc) is 2.72. The van der Waals surface area contributed by atoms with Crippen LogP contribution in [0.5, 0.6) is 0 Å². The molecule has 2 bridgehead atoms. The van der Waals surface area contributed by atoms with E-state index in [4.69, 9.17) is 0 Å². The van der Waals surface area contributed by atoms with E-state index in [-0.39, 0.29) is 11.3 Å². The second-order valence-corrected chi connectivity index (χ2v) is 5.45. The van der Waals surface area contributed by atoms with Crippen molar-refractivity contribution in [2.24, 2.45) is 29.1 Å². The molecule has 0 spiro atoms. The summed E-state index contributed by atoms with van der Waals surface area (Å²) in [5.74, 6) is 0.563. The number of hydrogen-bond donors (Lipinski definition) is 1. The first kappa shape index (κ1) is 10.7. The summed E-state index contributed by atoms with van der Waals surface area (Å²) in [6.45, 7) is 6.42. The number of hydrogen-bond acceptors (Lipinski definition) is 1. The predicted octanol–water partition coefficient (Wildman–Crippen LogP) is 2.95. The molecule has 2 aliphatic carbocycles. The maximum absolute atomic E-state index is 11.4. The molecule has 0 aromatic heterocycles. The van der Waals surface area contributed by atoms with Gasteiger partial charge in [-0.3, -0.25) is 4.79 Å². The first-order valence-electron chi connectivity index (χ1n) is 5.94. The van der Waals surface area contributed by atoms with E-state index in [0.717, 1.165) is 12.8 Å². The van der Waals surface area contributed by atoms with Crippen molar-refractivity contribution in [1.82, 2.24) is 0 Å². The molecule has 2 rings (SSSR count). The Morgan fingerprint density at radius 1 is 1.60 bits per heavy atom. The lowest BCUT2D eigenvalue weighted by atomic mass is 9.69. The van der Waals surface area contributed by atoms with Gasteiger partial charge in [0.25, 0.3) is 0 Å². The van der Waals surface area contributed by atoms with Crippen LogP contribution in [0.4, 0.5) is 0 Å². The predicted molar refractivity (Wildman–Crippen MR) is 59.4 cm³/mol. The van der Waals surface area contributed by atoms with E-state index in [9.17, 15) is 9.90 Å². The minimum absolute atomic E-state index is 0.0363. The molecule has 1 fully saturated rings. The molecule has 4 atom stereocenters. The van der Waals surface area contributed by atoms with Gasteiger partial charge in [0, 0.05) is 5.41 Å².